The van der Waals surface area contributed by atoms with E-state index in [2.05, 4.69) is 5.32 Å². The summed E-state index contributed by atoms with van der Waals surface area (Å²) < 4.78 is 5.25. The van der Waals surface area contributed by atoms with Gasteiger partial charge < -0.3 is 10.1 Å². The standard InChI is InChI=1S/C20H17ClN2O4S/c1-12-3-6-15(7-4-12)22-18(24)11-23-19(25)17(28-20(23)26)10-13-9-14(21)5-8-16(13)27-2/h3-10H,11H2,1-2H3,(H,22,24)/b17-10-. The molecule has 1 aliphatic rings. The molecule has 8 heteroatoms. The lowest BCUT2D eigenvalue weighted by Gasteiger charge is -2.12. The lowest BCUT2D eigenvalue weighted by Crippen LogP contribution is -2.36. The number of amides is 3. The number of methoxy groups -OCH3 is 1. The van der Waals surface area contributed by atoms with Gasteiger partial charge in [0, 0.05) is 16.3 Å². The third-order valence-electron chi connectivity index (χ3n) is 3.99. The van der Waals surface area contributed by atoms with Crippen LogP contribution in [0, 0.1) is 6.92 Å². The number of thioether (sulfide) groups is 1. The van der Waals surface area contributed by atoms with E-state index in [1.807, 2.05) is 19.1 Å². The number of hydrogen-bond donors (Lipinski definition) is 1. The van der Waals surface area contributed by atoms with Crippen molar-refractivity contribution < 1.29 is 19.1 Å². The second kappa shape index (κ2) is 8.50. The predicted molar refractivity (Wildman–Crippen MR) is 110 cm³/mol. The minimum atomic E-state index is -0.531. The third kappa shape index (κ3) is 4.55. The first-order valence-electron chi connectivity index (χ1n) is 8.33. The number of aryl methyl sites for hydroxylation is 1. The lowest BCUT2D eigenvalue weighted by molar-refractivity contribution is -0.127. The van der Waals surface area contributed by atoms with Crippen molar-refractivity contribution in [1.29, 1.82) is 0 Å². The summed E-state index contributed by atoms with van der Waals surface area (Å²) in [7, 11) is 1.50. The average Bonchev–Trinajstić information content (AvgIpc) is 2.91. The Hall–Kier alpha value is -2.77. The molecule has 1 N–H and O–H groups in total. The average molecular weight is 417 g/mol. The van der Waals surface area contributed by atoms with Crippen molar-refractivity contribution in [2.45, 2.75) is 6.92 Å². The minimum absolute atomic E-state index is 0.203. The summed E-state index contributed by atoms with van der Waals surface area (Å²) in [5.41, 5.74) is 2.23. The van der Waals surface area contributed by atoms with Crippen molar-refractivity contribution in [3.63, 3.8) is 0 Å². The number of hydrogen-bond acceptors (Lipinski definition) is 5. The molecule has 1 saturated heterocycles. The second-order valence-electron chi connectivity index (χ2n) is 6.07. The molecule has 0 aliphatic carbocycles. The van der Waals surface area contributed by atoms with Gasteiger partial charge in [0.1, 0.15) is 12.3 Å². The fourth-order valence-corrected chi connectivity index (χ4v) is 3.59. The van der Waals surface area contributed by atoms with E-state index < -0.39 is 17.1 Å². The fourth-order valence-electron chi connectivity index (χ4n) is 2.58. The molecular weight excluding hydrogens is 400 g/mol. The molecule has 0 bridgehead atoms. The quantitative estimate of drug-likeness (QED) is 0.734. The van der Waals surface area contributed by atoms with E-state index >= 15 is 0 Å². The Bertz CT molecular complexity index is 973. The normalized spacial score (nSPS) is 15.2. The van der Waals surface area contributed by atoms with Gasteiger partial charge in [-0.05, 0) is 55.1 Å². The van der Waals surface area contributed by atoms with E-state index in [0.29, 0.717) is 22.0 Å². The van der Waals surface area contributed by atoms with Crippen molar-refractivity contribution >= 4 is 52.2 Å². The maximum Gasteiger partial charge on any atom is 0.294 e. The number of nitrogens with zero attached hydrogens (tertiary/aromatic N) is 1. The van der Waals surface area contributed by atoms with Crippen LogP contribution in [-0.2, 0) is 9.59 Å². The van der Waals surface area contributed by atoms with Crippen LogP contribution in [0.25, 0.3) is 6.08 Å². The van der Waals surface area contributed by atoms with E-state index in [-0.39, 0.29) is 11.4 Å². The largest absolute Gasteiger partial charge is 0.496 e. The first-order valence-corrected chi connectivity index (χ1v) is 9.52. The summed E-state index contributed by atoms with van der Waals surface area (Å²) in [5.74, 6) is -0.461. The maximum atomic E-state index is 12.6. The van der Waals surface area contributed by atoms with Gasteiger partial charge in [0.25, 0.3) is 11.1 Å². The van der Waals surface area contributed by atoms with E-state index in [9.17, 15) is 14.4 Å². The highest BCUT2D eigenvalue weighted by molar-refractivity contribution is 8.18. The number of carbonyl (C=O) groups excluding carboxylic acids is 3. The van der Waals surface area contributed by atoms with Crippen LogP contribution in [0.5, 0.6) is 5.75 Å². The van der Waals surface area contributed by atoms with Crippen LogP contribution in [-0.4, -0.2) is 35.6 Å². The number of rotatable bonds is 5. The van der Waals surface area contributed by atoms with Crippen molar-refractivity contribution in [3.05, 3.63) is 63.5 Å². The number of carbonyl (C=O) groups is 3. The topological polar surface area (TPSA) is 75.7 Å². The van der Waals surface area contributed by atoms with Gasteiger partial charge in [-0.1, -0.05) is 29.3 Å². The van der Waals surface area contributed by atoms with Crippen molar-refractivity contribution in [2.75, 3.05) is 19.0 Å². The summed E-state index contributed by atoms with van der Waals surface area (Å²) >= 11 is 6.77. The fraction of sp³-hybridized carbons (Fsp3) is 0.150. The Labute approximate surface area is 171 Å². The number of imide groups is 1. The molecule has 0 radical (unpaired) electrons. The van der Waals surface area contributed by atoms with Gasteiger partial charge in [-0.3, -0.25) is 19.3 Å². The van der Waals surface area contributed by atoms with Gasteiger partial charge >= 0.3 is 0 Å². The molecule has 2 aromatic rings. The summed E-state index contributed by atoms with van der Waals surface area (Å²) in [5, 5.41) is 2.65. The smallest absolute Gasteiger partial charge is 0.294 e. The van der Waals surface area contributed by atoms with Gasteiger partial charge in [0.15, 0.2) is 0 Å². The van der Waals surface area contributed by atoms with Crippen LogP contribution in [0.2, 0.25) is 5.02 Å². The molecule has 0 unspecified atom stereocenters. The monoisotopic (exact) mass is 416 g/mol. The Kier molecular flexibility index (Phi) is 6.06. The van der Waals surface area contributed by atoms with E-state index in [0.717, 1.165) is 22.2 Å². The molecule has 6 nitrogen and oxygen atoms in total. The molecule has 0 atom stereocenters. The van der Waals surface area contributed by atoms with Gasteiger partial charge in [0.2, 0.25) is 5.91 Å². The zero-order valence-electron chi connectivity index (χ0n) is 15.2. The highest BCUT2D eigenvalue weighted by atomic mass is 35.5. The Morgan fingerprint density at radius 2 is 1.93 bits per heavy atom. The Morgan fingerprint density at radius 1 is 1.21 bits per heavy atom. The molecule has 0 aromatic heterocycles. The Morgan fingerprint density at radius 3 is 2.61 bits per heavy atom. The molecule has 1 aliphatic heterocycles. The first kappa shape index (κ1) is 20.0. The molecular formula is C20H17ClN2O4S. The molecule has 1 heterocycles. The first-order chi connectivity index (χ1) is 13.4. The highest BCUT2D eigenvalue weighted by Crippen LogP contribution is 2.34. The zero-order valence-corrected chi connectivity index (χ0v) is 16.8. The van der Waals surface area contributed by atoms with E-state index in [4.69, 9.17) is 16.3 Å². The predicted octanol–water partition coefficient (Wildman–Crippen LogP) is 4.33. The van der Waals surface area contributed by atoms with Gasteiger partial charge in [-0.2, -0.15) is 0 Å². The van der Waals surface area contributed by atoms with E-state index in [1.54, 1.807) is 30.3 Å². The minimum Gasteiger partial charge on any atom is -0.496 e. The van der Waals surface area contributed by atoms with Crippen LogP contribution in [0.4, 0.5) is 10.5 Å². The number of nitrogens with one attached hydrogen (secondary N) is 1. The van der Waals surface area contributed by atoms with Crippen LogP contribution < -0.4 is 10.1 Å². The van der Waals surface area contributed by atoms with Gasteiger partial charge in [-0.25, -0.2) is 0 Å². The van der Waals surface area contributed by atoms with Gasteiger partial charge in [0.05, 0.1) is 12.0 Å². The van der Waals surface area contributed by atoms with Crippen LogP contribution >= 0.6 is 23.4 Å². The molecule has 3 amide bonds. The Balaban J connectivity index is 1.74. The van der Waals surface area contributed by atoms with E-state index in [1.165, 1.54) is 13.2 Å². The summed E-state index contributed by atoms with van der Waals surface area (Å²) in [4.78, 5) is 38.2. The summed E-state index contributed by atoms with van der Waals surface area (Å²) in [6.45, 7) is 1.58. The van der Waals surface area contributed by atoms with Crippen molar-refractivity contribution in [1.82, 2.24) is 4.90 Å². The summed E-state index contributed by atoms with van der Waals surface area (Å²) in [6.07, 6.45) is 1.54. The number of halogens is 1. The number of benzene rings is 2. The third-order valence-corrected chi connectivity index (χ3v) is 5.13. The van der Waals surface area contributed by atoms with Crippen molar-refractivity contribution in [2.24, 2.45) is 0 Å². The molecule has 3 rings (SSSR count). The van der Waals surface area contributed by atoms with Crippen LogP contribution in [0.3, 0.4) is 0 Å². The van der Waals surface area contributed by atoms with Crippen molar-refractivity contribution in [3.8, 4) is 5.75 Å². The highest BCUT2D eigenvalue weighted by Gasteiger charge is 2.36. The maximum absolute atomic E-state index is 12.6. The van der Waals surface area contributed by atoms with Crippen LogP contribution in [0.15, 0.2) is 47.4 Å². The molecule has 1 fully saturated rings. The van der Waals surface area contributed by atoms with Crippen LogP contribution in [0.1, 0.15) is 11.1 Å². The van der Waals surface area contributed by atoms with Gasteiger partial charge in [-0.15, -0.1) is 0 Å². The SMILES string of the molecule is COc1ccc(Cl)cc1/C=C1\SC(=O)N(CC(=O)Nc2ccc(C)cc2)C1=O. The number of anilines is 1. The molecule has 2 aromatic carbocycles. The lowest BCUT2D eigenvalue weighted by atomic mass is 10.2. The second-order valence-corrected chi connectivity index (χ2v) is 7.50. The summed E-state index contributed by atoms with van der Waals surface area (Å²) in [6, 6.07) is 12.2. The molecule has 28 heavy (non-hydrogen) atoms. The molecule has 0 spiro atoms. The number of ether oxygens (including phenoxy) is 1. The molecule has 0 saturated carbocycles. The molecule has 144 valence electrons. The zero-order chi connectivity index (χ0) is 20.3.